The minimum absolute atomic E-state index is 0.101. The molecule has 1 rings (SSSR count). The summed E-state index contributed by atoms with van der Waals surface area (Å²) >= 11 is 0. The molecule has 1 aromatic carbocycles. The van der Waals surface area contributed by atoms with Crippen molar-refractivity contribution in [2.45, 2.75) is 52.2 Å². The Labute approximate surface area is 130 Å². The smallest absolute Gasteiger partial charge is 0.174 e. The van der Waals surface area contributed by atoms with Crippen molar-refractivity contribution in [2.24, 2.45) is 0 Å². The van der Waals surface area contributed by atoms with Gasteiger partial charge in [0, 0.05) is 12.0 Å². The summed E-state index contributed by atoms with van der Waals surface area (Å²) in [7, 11) is -1.38. The number of Topliss-reactive ketones (excluding diaryl/α,β-unsaturated/α-hetero) is 1. The molecule has 0 saturated carbocycles. The van der Waals surface area contributed by atoms with Gasteiger partial charge in [0.05, 0.1) is 14.5 Å². The summed E-state index contributed by atoms with van der Waals surface area (Å²) in [5.74, 6) is 6.13. The van der Waals surface area contributed by atoms with Crippen LogP contribution in [0.2, 0.25) is 19.6 Å². The lowest BCUT2D eigenvalue weighted by Crippen LogP contribution is -2.21. The van der Waals surface area contributed by atoms with Gasteiger partial charge in [0.2, 0.25) is 0 Å². The molecular weight excluding hydrogens is 272 g/mol. The third-order valence-corrected chi connectivity index (χ3v) is 5.59. The van der Waals surface area contributed by atoms with E-state index >= 15 is 0 Å². The maximum absolute atomic E-state index is 12.0. The molecule has 0 atom stereocenters. The molecule has 0 aliphatic carbocycles. The molecule has 0 amide bonds. The lowest BCUT2D eigenvalue weighted by Gasteiger charge is -2.19. The highest BCUT2D eigenvalue weighted by molar-refractivity contribution is 6.93. The standard InChI is InChI=1S/C19H26OSi/c1-6-7-8-9-10-11-19(20)18-14-12-17(13-15-18)16(2)21(3,4)5/h12-15H,2,6-8,11H2,1,3-5H3. The molecule has 0 saturated heterocycles. The summed E-state index contributed by atoms with van der Waals surface area (Å²) < 4.78 is 0. The molecule has 0 unspecified atom stereocenters. The quantitative estimate of drug-likeness (QED) is 0.300. The van der Waals surface area contributed by atoms with Crippen LogP contribution in [-0.4, -0.2) is 13.9 Å². The number of carbonyl (C=O) groups is 1. The second kappa shape index (κ2) is 8.00. The fourth-order valence-corrected chi connectivity index (χ4v) is 2.92. The van der Waals surface area contributed by atoms with Crippen LogP contribution in [0.3, 0.4) is 0 Å². The van der Waals surface area contributed by atoms with Gasteiger partial charge in [-0.15, -0.1) is 5.92 Å². The van der Waals surface area contributed by atoms with Crippen LogP contribution in [0.4, 0.5) is 0 Å². The van der Waals surface area contributed by atoms with Gasteiger partial charge in [-0.2, -0.15) is 0 Å². The molecule has 0 radical (unpaired) electrons. The molecule has 21 heavy (non-hydrogen) atoms. The van der Waals surface area contributed by atoms with E-state index in [0.29, 0.717) is 6.42 Å². The molecule has 0 aromatic heterocycles. The Morgan fingerprint density at radius 3 is 2.19 bits per heavy atom. The topological polar surface area (TPSA) is 17.1 Å². The fraction of sp³-hybridized carbons (Fsp3) is 0.421. The maximum Gasteiger partial charge on any atom is 0.174 e. The van der Waals surface area contributed by atoms with E-state index < -0.39 is 8.07 Å². The Hall–Kier alpha value is -1.59. The Kier molecular flexibility index (Phi) is 6.65. The van der Waals surface area contributed by atoms with Crippen molar-refractivity contribution in [3.05, 3.63) is 42.0 Å². The van der Waals surface area contributed by atoms with Crippen molar-refractivity contribution in [3.8, 4) is 11.8 Å². The third kappa shape index (κ3) is 5.73. The molecule has 0 heterocycles. The van der Waals surface area contributed by atoms with Crippen molar-refractivity contribution in [1.82, 2.24) is 0 Å². The van der Waals surface area contributed by atoms with Gasteiger partial charge in [0.15, 0.2) is 5.78 Å². The van der Waals surface area contributed by atoms with Gasteiger partial charge >= 0.3 is 0 Å². The van der Waals surface area contributed by atoms with E-state index in [-0.39, 0.29) is 5.78 Å². The minimum Gasteiger partial charge on any atom is -0.293 e. The summed E-state index contributed by atoms with van der Waals surface area (Å²) in [5.41, 5.74) is 1.90. The predicted octanol–water partition coefficient (Wildman–Crippen LogP) is 5.34. The first-order valence-corrected chi connectivity index (χ1v) is 11.1. The second-order valence-corrected chi connectivity index (χ2v) is 11.5. The van der Waals surface area contributed by atoms with Crippen LogP contribution >= 0.6 is 0 Å². The largest absolute Gasteiger partial charge is 0.293 e. The van der Waals surface area contributed by atoms with Crippen molar-refractivity contribution >= 4 is 19.1 Å². The van der Waals surface area contributed by atoms with E-state index in [9.17, 15) is 4.79 Å². The molecule has 0 aliphatic rings. The zero-order chi connectivity index (χ0) is 15.9. The second-order valence-electron chi connectivity index (χ2n) is 6.36. The average Bonchev–Trinajstić information content (AvgIpc) is 2.45. The van der Waals surface area contributed by atoms with Crippen LogP contribution in [-0.2, 0) is 0 Å². The normalized spacial score (nSPS) is 10.7. The van der Waals surface area contributed by atoms with Crippen molar-refractivity contribution in [3.63, 3.8) is 0 Å². The lowest BCUT2D eigenvalue weighted by molar-refractivity contribution is 0.0998. The van der Waals surface area contributed by atoms with E-state index in [4.69, 9.17) is 0 Å². The Balaban J connectivity index is 2.67. The van der Waals surface area contributed by atoms with E-state index in [1.165, 1.54) is 5.20 Å². The van der Waals surface area contributed by atoms with Gasteiger partial charge < -0.3 is 0 Å². The molecule has 1 nitrogen and oxygen atoms in total. The molecule has 1 aromatic rings. The SMILES string of the molecule is C=C(c1ccc(C(=O)CC#CCCCC)cc1)[Si](C)(C)C. The number of benzene rings is 1. The number of ketones is 1. The molecule has 112 valence electrons. The van der Waals surface area contributed by atoms with Crippen LogP contribution in [0.1, 0.15) is 48.5 Å². The monoisotopic (exact) mass is 298 g/mol. The number of carbonyl (C=O) groups excluding carboxylic acids is 1. The lowest BCUT2D eigenvalue weighted by atomic mass is 10.1. The average molecular weight is 299 g/mol. The number of unbranched alkanes of at least 4 members (excludes halogenated alkanes) is 2. The molecule has 0 fully saturated rings. The molecule has 0 spiro atoms. The molecule has 0 aliphatic heterocycles. The van der Waals surface area contributed by atoms with Crippen LogP contribution in [0, 0.1) is 11.8 Å². The fourth-order valence-electron chi connectivity index (χ4n) is 1.89. The number of rotatable bonds is 6. The van der Waals surface area contributed by atoms with Crippen LogP contribution in [0.5, 0.6) is 0 Å². The van der Waals surface area contributed by atoms with Gasteiger partial charge in [0.1, 0.15) is 0 Å². The number of hydrogen-bond donors (Lipinski definition) is 0. The molecule has 0 bridgehead atoms. The van der Waals surface area contributed by atoms with Gasteiger partial charge in [-0.25, -0.2) is 0 Å². The first-order valence-electron chi connectivity index (χ1n) is 7.65. The Bertz CT molecular complexity index is 550. The van der Waals surface area contributed by atoms with Crippen LogP contribution in [0.15, 0.2) is 30.8 Å². The van der Waals surface area contributed by atoms with Gasteiger partial charge in [-0.1, -0.05) is 74.9 Å². The highest BCUT2D eigenvalue weighted by Crippen LogP contribution is 2.24. The molecular formula is C19H26OSi. The zero-order valence-corrected chi connectivity index (χ0v) is 14.8. The van der Waals surface area contributed by atoms with Crippen LogP contribution in [0.25, 0.3) is 5.20 Å². The molecule has 0 N–H and O–H groups in total. The zero-order valence-electron chi connectivity index (χ0n) is 13.8. The Morgan fingerprint density at radius 2 is 1.67 bits per heavy atom. The minimum atomic E-state index is -1.38. The highest BCUT2D eigenvalue weighted by atomic mass is 28.3. The number of hydrogen-bond acceptors (Lipinski definition) is 1. The Morgan fingerprint density at radius 1 is 1.10 bits per heavy atom. The summed E-state index contributed by atoms with van der Waals surface area (Å²) in [4.78, 5) is 12.0. The van der Waals surface area contributed by atoms with Crippen LogP contribution < -0.4 is 0 Å². The van der Waals surface area contributed by atoms with Crippen molar-refractivity contribution < 1.29 is 4.79 Å². The molecule has 2 heteroatoms. The first-order chi connectivity index (χ1) is 9.86. The maximum atomic E-state index is 12.0. The van der Waals surface area contributed by atoms with Crippen molar-refractivity contribution in [2.75, 3.05) is 0 Å². The first kappa shape index (κ1) is 17.5. The van der Waals surface area contributed by atoms with E-state index in [1.807, 2.05) is 24.3 Å². The predicted molar refractivity (Wildman–Crippen MR) is 95.1 cm³/mol. The highest BCUT2D eigenvalue weighted by Gasteiger charge is 2.19. The summed E-state index contributed by atoms with van der Waals surface area (Å²) in [6.07, 6.45) is 3.45. The summed E-state index contributed by atoms with van der Waals surface area (Å²) in [5, 5.41) is 1.22. The summed E-state index contributed by atoms with van der Waals surface area (Å²) in [6.45, 7) is 13.2. The van der Waals surface area contributed by atoms with E-state index in [2.05, 4.69) is 45.0 Å². The van der Waals surface area contributed by atoms with E-state index in [1.54, 1.807) is 0 Å². The van der Waals surface area contributed by atoms with Gasteiger partial charge in [-0.3, -0.25) is 4.79 Å². The van der Waals surface area contributed by atoms with Gasteiger partial charge in [0.25, 0.3) is 0 Å². The third-order valence-electron chi connectivity index (χ3n) is 3.49. The van der Waals surface area contributed by atoms with Crippen molar-refractivity contribution in [1.29, 1.82) is 0 Å². The van der Waals surface area contributed by atoms with E-state index in [0.717, 1.165) is 30.4 Å². The summed E-state index contributed by atoms with van der Waals surface area (Å²) in [6, 6.07) is 7.82. The van der Waals surface area contributed by atoms with Gasteiger partial charge in [-0.05, 0) is 12.0 Å².